The Morgan fingerprint density at radius 2 is 1.56 bits per heavy atom. The molecule has 1 fully saturated rings. The van der Waals surface area contributed by atoms with Crippen molar-refractivity contribution in [1.82, 2.24) is 0 Å². The first-order valence-corrected chi connectivity index (χ1v) is 5.71. The topological polar surface area (TPSA) is 57.5 Å². The van der Waals surface area contributed by atoms with E-state index >= 15 is 0 Å². The zero-order valence-corrected chi connectivity index (χ0v) is 10.8. The van der Waals surface area contributed by atoms with Gasteiger partial charge in [0.05, 0.1) is 5.60 Å². The van der Waals surface area contributed by atoms with E-state index in [1.807, 2.05) is 6.92 Å². The Morgan fingerprint density at radius 1 is 1.19 bits per heavy atom. The van der Waals surface area contributed by atoms with Crippen LogP contribution in [0.1, 0.15) is 53.4 Å². The van der Waals surface area contributed by atoms with Crippen LogP contribution in [0.2, 0.25) is 0 Å². The predicted octanol–water partition coefficient (Wildman–Crippen LogP) is 2.98. The van der Waals surface area contributed by atoms with Gasteiger partial charge in [0.1, 0.15) is 0 Å². The van der Waals surface area contributed by atoms with Crippen LogP contribution in [0.4, 0.5) is 0 Å². The maximum atomic E-state index is 9.90. The van der Waals surface area contributed by atoms with E-state index in [2.05, 4.69) is 20.4 Å². The van der Waals surface area contributed by atoms with Crippen molar-refractivity contribution < 1.29 is 15.0 Å². The minimum Gasteiger partial charge on any atom is -0.478 e. The first-order chi connectivity index (χ1) is 7.10. The highest BCUT2D eigenvalue weighted by molar-refractivity contribution is 5.84. The molecule has 1 unspecified atom stereocenters. The Labute approximate surface area is 98.2 Å². The molecule has 1 aliphatic carbocycles. The summed E-state index contributed by atoms with van der Waals surface area (Å²) < 4.78 is 0. The van der Waals surface area contributed by atoms with Gasteiger partial charge in [-0.25, -0.2) is 4.79 Å². The SMILES string of the molecule is C=C(C)C(=O)O.CC1(C)CCCCC1(C)O. The van der Waals surface area contributed by atoms with E-state index in [1.54, 1.807) is 0 Å². The Kier molecular flexibility index (Phi) is 5.20. The van der Waals surface area contributed by atoms with Gasteiger partial charge in [0.25, 0.3) is 0 Å². The van der Waals surface area contributed by atoms with Crippen molar-refractivity contribution in [2.75, 3.05) is 0 Å². The van der Waals surface area contributed by atoms with Crippen LogP contribution in [0.15, 0.2) is 12.2 Å². The van der Waals surface area contributed by atoms with Crippen LogP contribution in [-0.4, -0.2) is 21.8 Å². The van der Waals surface area contributed by atoms with Crippen molar-refractivity contribution in [3.63, 3.8) is 0 Å². The van der Waals surface area contributed by atoms with Gasteiger partial charge in [0.15, 0.2) is 0 Å². The third kappa shape index (κ3) is 4.35. The second-order valence-electron chi connectivity index (χ2n) is 5.45. The first kappa shape index (κ1) is 15.2. The summed E-state index contributed by atoms with van der Waals surface area (Å²) in [5, 5.41) is 17.8. The molecule has 3 heteroatoms. The molecule has 1 atom stereocenters. The molecule has 2 N–H and O–H groups in total. The minimum atomic E-state index is -0.935. The van der Waals surface area contributed by atoms with Gasteiger partial charge in [0.2, 0.25) is 0 Å². The number of aliphatic hydroxyl groups is 1. The number of carboxylic acids is 1. The second kappa shape index (κ2) is 5.48. The Hall–Kier alpha value is -0.830. The molecule has 0 bridgehead atoms. The minimum absolute atomic E-state index is 0.130. The van der Waals surface area contributed by atoms with Crippen molar-refractivity contribution in [3.05, 3.63) is 12.2 Å². The van der Waals surface area contributed by atoms with Crippen molar-refractivity contribution in [2.24, 2.45) is 5.41 Å². The van der Waals surface area contributed by atoms with E-state index in [0.717, 1.165) is 6.42 Å². The van der Waals surface area contributed by atoms with Crippen LogP contribution in [0.5, 0.6) is 0 Å². The summed E-state index contributed by atoms with van der Waals surface area (Å²) in [6.07, 6.45) is 4.61. The zero-order valence-electron chi connectivity index (χ0n) is 10.8. The van der Waals surface area contributed by atoms with Gasteiger partial charge in [0, 0.05) is 5.57 Å². The number of carboxylic acid groups (broad SMARTS) is 1. The van der Waals surface area contributed by atoms with Crippen molar-refractivity contribution >= 4 is 5.97 Å². The molecule has 1 aliphatic rings. The van der Waals surface area contributed by atoms with Gasteiger partial charge in [-0.1, -0.05) is 33.3 Å². The molecule has 1 rings (SSSR count). The maximum absolute atomic E-state index is 9.90. The summed E-state index contributed by atoms with van der Waals surface area (Å²) in [5.74, 6) is -0.935. The quantitative estimate of drug-likeness (QED) is 0.678. The third-order valence-electron chi connectivity index (χ3n) is 3.54. The van der Waals surface area contributed by atoms with Crippen LogP contribution < -0.4 is 0 Å². The molecule has 0 radical (unpaired) electrons. The van der Waals surface area contributed by atoms with Crippen LogP contribution in [-0.2, 0) is 4.79 Å². The molecule has 0 amide bonds. The van der Waals surface area contributed by atoms with Gasteiger partial charge in [-0.05, 0) is 32.1 Å². The average molecular weight is 228 g/mol. The second-order valence-corrected chi connectivity index (χ2v) is 5.45. The molecule has 16 heavy (non-hydrogen) atoms. The molecular formula is C13H24O3. The molecule has 0 aromatic carbocycles. The van der Waals surface area contributed by atoms with Gasteiger partial charge in [-0.2, -0.15) is 0 Å². The smallest absolute Gasteiger partial charge is 0.330 e. The highest BCUT2D eigenvalue weighted by Gasteiger charge is 2.40. The van der Waals surface area contributed by atoms with E-state index in [1.165, 1.54) is 26.2 Å². The molecule has 0 aromatic heterocycles. The fraction of sp³-hybridized carbons (Fsp3) is 0.769. The van der Waals surface area contributed by atoms with Gasteiger partial charge < -0.3 is 10.2 Å². The molecule has 0 aliphatic heterocycles. The monoisotopic (exact) mass is 228 g/mol. The van der Waals surface area contributed by atoms with Crippen molar-refractivity contribution in [3.8, 4) is 0 Å². The molecule has 3 nitrogen and oxygen atoms in total. The molecular weight excluding hydrogens is 204 g/mol. The molecule has 0 heterocycles. The lowest BCUT2D eigenvalue weighted by atomic mass is 9.66. The van der Waals surface area contributed by atoms with Gasteiger partial charge in [-0.15, -0.1) is 0 Å². The zero-order chi connectivity index (χ0) is 13.0. The standard InChI is InChI=1S/C9H18O.C4H6O2/c1-8(2)6-4-5-7-9(8,3)10;1-3(2)4(5)6/h10H,4-7H2,1-3H3;1H2,2H3,(H,5,6). The summed E-state index contributed by atoms with van der Waals surface area (Å²) in [5.41, 5.74) is -0.119. The number of hydrogen-bond acceptors (Lipinski definition) is 2. The van der Waals surface area contributed by atoms with E-state index in [-0.39, 0.29) is 11.0 Å². The highest BCUT2D eigenvalue weighted by Crippen LogP contribution is 2.43. The van der Waals surface area contributed by atoms with E-state index in [9.17, 15) is 9.90 Å². The van der Waals surface area contributed by atoms with Gasteiger partial charge in [-0.3, -0.25) is 0 Å². The Balaban J connectivity index is 0.000000325. The van der Waals surface area contributed by atoms with Crippen molar-refractivity contribution in [1.29, 1.82) is 0 Å². The van der Waals surface area contributed by atoms with Gasteiger partial charge >= 0.3 is 5.97 Å². The number of carbonyl (C=O) groups is 1. The average Bonchev–Trinajstić information content (AvgIpc) is 2.11. The normalized spacial score (nSPS) is 27.6. The lowest BCUT2D eigenvalue weighted by Gasteiger charge is -2.44. The summed E-state index contributed by atoms with van der Waals surface area (Å²) in [6, 6.07) is 0. The van der Waals surface area contributed by atoms with Crippen LogP contribution in [0.25, 0.3) is 0 Å². The van der Waals surface area contributed by atoms with Crippen molar-refractivity contribution in [2.45, 2.75) is 59.0 Å². The lowest BCUT2D eigenvalue weighted by Crippen LogP contribution is -2.44. The largest absolute Gasteiger partial charge is 0.478 e. The van der Waals surface area contributed by atoms with Crippen LogP contribution in [0, 0.1) is 5.41 Å². The Morgan fingerprint density at radius 3 is 1.75 bits per heavy atom. The first-order valence-electron chi connectivity index (χ1n) is 5.71. The maximum Gasteiger partial charge on any atom is 0.330 e. The summed E-state index contributed by atoms with van der Waals surface area (Å²) in [7, 11) is 0. The molecule has 0 spiro atoms. The predicted molar refractivity (Wildman–Crippen MR) is 65.3 cm³/mol. The molecule has 1 saturated carbocycles. The fourth-order valence-corrected chi connectivity index (χ4v) is 1.64. The Bertz CT molecular complexity index is 236. The van der Waals surface area contributed by atoms with E-state index in [4.69, 9.17) is 5.11 Å². The highest BCUT2D eigenvalue weighted by atomic mass is 16.4. The third-order valence-corrected chi connectivity index (χ3v) is 3.54. The lowest BCUT2D eigenvalue weighted by molar-refractivity contribution is -0.132. The fourth-order valence-electron chi connectivity index (χ4n) is 1.64. The number of aliphatic carboxylic acids is 1. The molecule has 0 saturated heterocycles. The molecule has 0 aromatic rings. The van der Waals surface area contributed by atoms with Crippen LogP contribution >= 0.6 is 0 Å². The summed E-state index contributed by atoms with van der Waals surface area (Å²) in [4.78, 5) is 9.60. The van der Waals surface area contributed by atoms with E-state index in [0.29, 0.717) is 0 Å². The molecule has 94 valence electrons. The van der Waals surface area contributed by atoms with Crippen LogP contribution in [0.3, 0.4) is 0 Å². The van der Waals surface area contributed by atoms with E-state index < -0.39 is 11.6 Å². The number of rotatable bonds is 1. The number of hydrogen-bond donors (Lipinski definition) is 2. The summed E-state index contributed by atoms with van der Waals surface area (Å²) in [6.45, 7) is 10.9. The summed E-state index contributed by atoms with van der Waals surface area (Å²) >= 11 is 0.